The van der Waals surface area contributed by atoms with Crippen molar-refractivity contribution in [2.24, 2.45) is 4.99 Å². The minimum Gasteiger partial charge on any atom is -0.385 e. The minimum absolute atomic E-state index is 0. The van der Waals surface area contributed by atoms with Crippen LogP contribution < -0.4 is 15.5 Å². The van der Waals surface area contributed by atoms with Crippen molar-refractivity contribution in [2.45, 2.75) is 26.0 Å². The van der Waals surface area contributed by atoms with Gasteiger partial charge in [0.2, 0.25) is 0 Å². The van der Waals surface area contributed by atoms with E-state index in [1.54, 1.807) is 14.2 Å². The van der Waals surface area contributed by atoms with Crippen molar-refractivity contribution in [3.8, 4) is 0 Å². The zero-order valence-corrected chi connectivity index (χ0v) is 17.7. The number of nitrogens with zero attached hydrogens (tertiary/aromatic N) is 3. The predicted molar refractivity (Wildman–Crippen MR) is 112 cm³/mol. The summed E-state index contributed by atoms with van der Waals surface area (Å²) in [5.74, 6) is 1.80. The SMILES string of the molecule is CN=C(NCCCOC)NCc1ccc(N2CCOC(C)C2)nc1.I. The third kappa shape index (κ3) is 7.74. The van der Waals surface area contributed by atoms with Crippen LogP contribution in [0.15, 0.2) is 23.3 Å². The fourth-order valence-corrected chi connectivity index (χ4v) is 2.56. The van der Waals surface area contributed by atoms with Crippen molar-refractivity contribution in [1.82, 2.24) is 15.6 Å². The number of ether oxygens (including phenoxy) is 2. The Balaban J connectivity index is 0.00000312. The lowest BCUT2D eigenvalue weighted by molar-refractivity contribution is 0.0529. The molecule has 2 N–H and O–H groups in total. The van der Waals surface area contributed by atoms with E-state index < -0.39 is 0 Å². The molecule has 2 heterocycles. The molecule has 1 aromatic heterocycles. The summed E-state index contributed by atoms with van der Waals surface area (Å²) < 4.78 is 10.6. The Labute approximate surface area is 167 Å². The van der Waals surface area contributed by atoms with Gasteiger partial charge in [0.15, 0.2) is 5.96 Å². The van der Waals surface area contributed by atoms with Crippen LogP contribution in [0.5, 0.6) is 0 Å². The molecule has 0 spiro atoms. The van der Waals surface area contributed by atoms with Crippen LogP contribution in [-0.2, 0) is 16.0 Å². The number of anilines is 1. The van der Waals surface area contributed by atoms with E-state index in [-0.39, 0.29) is 30.1 Å². The highest BCUT2D eigenvalue weighted by atomic mass is 127. The number of pyridine rings is 1. The number of aliphatic imine (C=N–C) groups is 1. The largest absolute Gasteiger partial charge is 0.385 e. The van der Waals surface area contributed by atoms with Crippen LogP contribution in [0.2, 0.25) is 0 Å². The van der Waals surface area contributed by atoms with E-state index in [9.17, 15) is 0 Å². The van der Waals surface area contributed by atoms with Gasteiger partial charge in [-0.25, -0.2) is 4.98 Å². The Morgan fingerprint density at radius 1 is 1.44 bits per heavy atom. The normalized spacial score (nSPS) is 17.8. The van der Waals surface area contributed by atoms with Crippen molar-refractivity contribution in [1.29, 1.82) is 0 Å². The predicted octanol–water partition coefficient (Wildman–Crippen LogP) is 1.63. The van der Waals surface area contributed by atoms with Crippen LogP contribution in [-0.4, -0.2) is 64.1 Å². The molecule has 0 aliphatic carbocycles. The van der Waals surface area contributed by atoms with Gasteiger partial charge in [-0.1, -0.05) is 6.07 Å². The number of halogens is 1. The van der Waals surface area contributed by atoms with E-state index in [1.807, 2.05) is 6.20 Å². The van der Waals surface area contributed by atoms with Gasteiger partial charge in [-0.05, 0) is 25.0 Å². The van der Waals surface area contributed by atoms with Crippen LogP contribution in [0, 0.1) is 0 Å². The summed E-state index contributed by atoms with van der Waals surface area (Å²) in [6, 6.07) is 4.18. The molecule has 0 radical (unpaired) electrons. The molecule has 0 aromatic carbocycles. The van der Waals surface area contributed by atoms with Crippen molar-refractivity contribution < 1.29 is 9.47 Å². The van der Waals surface area contributed by atoms with Gasteiger partial charge in [-0.2, -0.15) is 0 Å². The lowest BCUT2D eigenvalue weighted by Gasteiger charge is -2.32. The van der Waals surface area contributed by atoms with Gasteiger partial charge in [0.05, 0.1) is 12.7 Å². The first-order valence-electron chi connectivity index (χ1n) is 8.48. The molecular formula is C17H30IN5O2. The third-order valence-corrected chi connectivity index (χ3v) is 3.88. The van der Waals surface area contributed by atoms with E-state index >= 15 is 0 Å². The number of hydrogen-bond acceptors (Lipinski definition) is 5. The number of guanidine groups is 1. The summed E-state index contributed by atoms with van der Waals surface area (Å²) >= 11 is 0. The van der Waals surface area contributed by atoms with E-state index in [2.05, 4.69) is 44.6 Å². The highest BCUT2D eigenvalue weighted by Crippen LogP contribution is 2.15. The number of rotatable bonds is 7. The second-order valence-corrected chi connectivity index (χ2v) is 5.85. The average Bonchev–Trinajstić information content (AvgIpc) is 2.61. The van der Waals surface area contributed by atoms with Crippen molar-refractivity contribution in [2.75, 3.05) is 51.9 Å². The van der Waals surface area contributed by atoms with Gasteiger partial charge in [0.25, 0.3) is 0 Å². The zero-order chi connectivity index (χ0) is 17.2. The summed E-state index contributed by atoms with van der Waals surface area (Å²) in [5, 5.41) is 6.55. The Bertz CT molecular complexity index is 512. The molecule has 1 atom stereocenters. The van der Waals surface area contributed by atoms with Crippen LogP contribution >= 0.6 is 24.0 Å². The fraction of sp³-hybridized carbons (Fsp3) is 0.647. The summed E-state index contributed by atoms with van der Waals surface area (Å²) in [4.78, 5) is 11.1. The molecule has 2 rings (SSSR count). The Morgan fingerprint density at radius 3 is 2.92 bits per heavy atom. The quantitative estimate of drug-likeness (QED) is 0.277. The first kappa shape index (κ1) is 21.9. The first-order chi connectivity index (χ1) is 11.7. The molecule has 25 heavy (non-hydrogen) atoms. The van der Waals surface area contributed by atoms with Gasteiger partial charge in [0, 0.05) is 53.1 Å². The maximum absolute atomic E-state index is 5.57. The van der Waals surface area contributed by atoms with Gasteiger partial charge < -0.3 is 25.0 Å². The number of methoxy groups -OCH3 is 1. The summed E-state index contributed by atoms with van der Waals surface area (Å²) in [6.45, 7) is 6.91. The molecule has 1 aliphatic rings. The maximum atomic E-state index is 5.57. The average molecular weight is 463 g/mol. The van der Waals surface area contributed by atoms with Crippen LogP contribution in [0.4, 0.5) is 5.82 Å². The topological polar surface area (TPSA) is 71.0 Å². The number of aromatic nitrogens is 1. The molecule has 1 fully saturated rings. The molecule has 142 valence electrons. The summed E-state index contributed by atoms with van der Waals surface area (Å²) in [6.07, 6.45) is 3.13. The first-order valence-corrected chi connectivity index (χ1v) is 8.48. The fourth-order valence-electron chi connectivity index (χ4n) is 2.56. The Hall–Kier alpha value is -1.13. The smallest absolute Gasteiger partial charge is 0.191 e. The highest BCUT2D eigenvalue weighted by molar-refractivity contribution is 14.0. The Kier molecular flexibility index (Phi) is 10.7. The molecule has 0 saturated carbocycles. The second-order valence-electron chi connectivity index (χ2n) is 5.85. The van der Waals surface area contributed by atoms with E-state index in [4.69, 9.17) is 9.47 Å². The molecule has 8 heteroatoms. The molecule has 0 bridgehead atoms. The summed E-state index contributed by atoms with van der Waals surface area (Å²) in [5.41, 5.74) is 1.12. The molecule has 0 amide bonds. The van der Waals surface area contributed by atoms with Crippen molar-refractivity contribution >= 4 is 35.8 Å². The second kappa shape index (κ2) is 12.3. The van der Waals surface area contributed by atoms with E-state index in [1.165, 1.54) is 0 Å². The maximum Gasteiger partial charge on any atom is 0.191 e. The number of morpholine rings is 1. The standard InChI is InChI=1S/C17H29N5O2.HI/c1-14-13-22(8-10-24-14)16-6-5-15(11-20-16)12-21-17(18-2)19-7-4-9-23-3;/h5-6,11,14H,4,7-10,12-13H2,1-3H3,(H2,18,19,21);1H. The van der Waals surface area contributed by atoms with E-state index in [0.29, 0.717) is 6.54 Å². The lowest BCUT2D eigenvalue weighted by Crippen LogP contribution is -2.41. The minimum atomic E-state index is 0. The van der Waals surface area contributed by atoms with Gasteiger partial charge in [-0.15, -0.1) is 24.0 Å². The number of nitrogens with one attached hydrogen (secondary N) is 2. The van der Waals surface area contributed by atoms with Gasteiger partial charge >= 0.3 is 0 Å². The molecule has 1 aliphatic heterocycles. The van der Waals surface area contributed by atoms with Gasteiger partial charge in [-0.3, -0.25) is 4.99 Å². The van der Waals surface area contributed by atoms with Crippen molar-refractivity contribution in [3.63, 3.8) is 0 Å². The lowest BCUT2D eigenvalue weighted by atomic mass is 10.2. The van der Waals surface area contributed by atoms with Crippen molar-refractivity contribution in [3.05, 3.63) is 23.9 Å². The zero-order valence-electron chi connectivity index (χ0n) is 15.3. The molecular weight excluding hydrogens is 433 g/mol. The molecule has 1 unspecified atom stereocenters. The highest BCUT2D eigenvalue weighted by Gasteiger charge is 2.17. The molecule has 1 aromatic rings. The van der Waals surface area contributed by atoms with Gasteiger partial charge in [0.1, 0.15) is 5.82 Å². The Morgan fingerprint density at radius 2 is 2.28 bits per heavy atom. The molecule has 7 nitrogen and oxygen atoms in total. The van der Waals surface area contributed by atoms with Crippen LogP contribution in [0.25, 0.3) is 0 Å². The van der Waals surface area contributed by atoms with E-state index in [0.717, 1.165) is 56.6 Å². The molecule has 1 saturated heterocycles. The van der Waals surface area contributed by atoms with Crippen LogP contribution in [0.3, 0.4) is 0 Å². The third-order valence-electron chi connectivity index (χ3n) is 3.88. The monoisotopic (exact) mass is 463 g/mol. The van der Waals surface area contributed by atoms with Crippen LogP contribution in [0.1, 0.15) is 18.9 Å². The number of hydrogen-bond donors (Lipinski definition) is 2. The summed E-state index contributed by atoms with van der Waals surface area (Å²) in [7, 11) is 3.48.